The number of rotatable bonds is 6. The van der Waals surface area contributed by atoms with Gasteiger partial charge in [0, 0.05) is 6.54 Å². The highest BCUT2D eigenvalue weighted by molar-refractivity contribution is 5.69. The summed E-state index contributed by atoms with van der Waals surface area (Å²) >= 11 is 0. The van der Waals surface area contributed by atoms with Crippen LogP contribution in [0.4, 0.5) is 0 Å². The zero-order valence-electron chi connectivity index (χ0n) is 11.5. The Morgan fingerprint density at radius 3 is 2.90 bits per heavy atom. The number of carboxylic acid groups (broad SMARTS) is 1. The smallest absolute Gasteiger partial charge is 0.306 e. The van der Waals surface area contributed by atoms with Crippen LogP contribution in [0.5, 0.6) is 11.5 Å². The third-order valence-corrected chi connectivity index (χ3v) is 3.17. The molecule has 0 aromatic heterocycles. The summed E-state index contributed by atoms with van der Waals surface area (Å²) in [6.07, 6.45) is 3.13. The lowest BCUT2D eigenvalue weighted by molar-refractivity contribution is -0.137. The Balaban J connectivity index is 2.11. The Kier molecular flexibility index (Phi) is 5.01. The fourth-order valence-electron chi connectivity index (χ4n) is 2.12. The first-order chi connectivity index (χ1) is 9.70. The SMILES string of the molecule is COc1cc(C2=CCNCC2)ccc1OCCC(=O)O. The van der Waals surface area contributed by atoms with Crippen molar-refractivity contribution in [2.24, 2.45) is 0 Å². The van der Waals surface area contributed by atoms with Crippen LogP contribution in [0.2, 0.25) is 0 Å². The predicted octanol–water partition coefficient (Wildman–Crippen LogP) is 1.93. The molecule has 1 heterocycles. The van der Waals surface area contributed by atoms with Crippen molar-refractivity contribution in [3.05, 3.63) is 29.8 Å². The lowest BCUT2D eigenvalue weighted by atomic mass is 10.00. The van der Waals surface area contributed by atoms with E-state index in [0.717, 1.165) is 25.1 Å². The van der Waals surface area contributed by atoms with Crippen LogP contribution in [0, 0.1) is 0 Å². The summed E-state index contributed by atoms with van der Waals surface area (Å²) < 4.78 is 10.8. The van der Waals surface area contributed by atoms with Crippen molar-refractivity contribution in [1.82, 2.24) is 5.32 Å². The number of carbonyl (C=O) groups is 1. The fourth-order valence-corrected chi connectivity index (χ4v) is 2.12. The molecule has 2 N–H and O–H groups in total. The first-order valence-electron chi connectivity index (χ1n) is 6.63. The summed E-state index contributed by atoms with van der Waals surface area (Å²) in [6.45, 7) is 2.00. The maximum Gasteiger partial charge on any atom is 0.306 e. The minimum atomic E-state index is -0.875. The average molecular weight is 277 g/mol. The summed E-state index contributed by atoms with van der Waals surface area (Å²) in [4.78, 5) is 10.5. The van der Waals surface area contributed by atoms with Crippen molar-refractivity contribution in [2.75, 3.05) is 26.8 Å². The van der Waals surface area contributed by atoms with Gasteiger partial charge in [0.05, 0.1) is 20.1 Å². The van der Waals surface area contributed by atoms with Gasteiger partial charge in [-0.3, -0.25) is 4.79 Å². The molecule has 0 radical (unpaired) electrons. The largest absolute Gasteiger partial charge is 0.493 e. The highest BCUT2D eigenvalue weighted by Gasteiger charge is 2.11. The second-order valence-corrected chi connectivity index (χ2v) is 4.54. The molecule has 5 heteroatoms. The van der Waals surface area contributed by atoms with Gasteiger partial charge < -0.3 is 19.9 Å². The molecule has 1 aliphatic rings. The predicted molar refractivity (Wildman–Crippen MR) is 76.2 cm³/mol. The zero-order valence-corrected chi connectivity index (χ0v) is 11.5. The van der Waals surface area contributed by atoms with E-state index in [1.807, 2.05) is 18.2 Å². The molecule has 5 nitrogen and oxygen atoms in total. The van der Waals surface area contributed by atoms with Crippen LogP contribution in [0.25, 0.3) is 5.57 Å². The molecule has 0 fully saturated rings. The van der Waals surface area contributed by atoms with E-state index in [9.17, 15) is 4.79 Å². The van der Waals surface area contributed by atoms with Gasteiger partial charge in [-0.2, -0.15) is 0 Å². The van der Waals surface area contributed by atoms with Crippen LogP contribution in [-0.4, -0.2) is 37.9 Å². The minimum Gasteiger partial charge on any atom is -0.493 e. The van der Waals surface area contributed by atoms with Gasteiger partial charge in [-0.15, -0.1) is 0 Å². The lowest BCUT2D eigenvalue weighted by Gasteiger charge is -2.16. The molecule has 108 valence electrons. The van der Waals surface area contributed by atoms with Crippen molar-refractivity contribution in [3.8, 4) is 11.5 Å². The van der Waals surface area contributed by atoms with Crippen molar-refractivity contribution >= 4 is 11.5 Å². The number of methoxy groups -OCH3 is 1. The maximum atomic E-state index is 10.5. The molecule has 0 amide bonds. The van der Waals surface area contributed by atoms with Crippen LogP contribution in [0.3, 0.4) is 0 Å². The molecule has 0 atom stereocenters. The van der Waals surface area contributed by atoms with E-state index in [1.165, 1.54) is 5.57 Å². The Morgan fingerprint density at radius 1 is 1.40 bits per heavy atom. The molecule has 0 aliphatic carbocycles. The normalized spacial score (nSPS) is 14.6. The third-order valence-electron chi connectivity index (χ3n) is 3.17. The van der Waals surface area contributed by atoms with Crippen molar-refractivity contribution in [2.45, 2.75) is 12.8 Å². The third kappa shape index (κ3) is 3.74. The van der Waals surface area contributed by atoms with Crippen molar-refractivity contribution in [1.29, 1.82) is 0 Å². The molecule has 0 spiro atoms. The van der Waals surface area contributed by atoms with Crippen molar-refractivity contribution in [3.63, 3.8) is 0 Å². The molecule has 0 saturated carbocycles. The van der Waals surface area contributed by atoms with Gasteiger partial charge >= 0.3 is 5.97 Å². The molecular formula is C15H19NO4. The minimum absolute atomic E-state index is 0.0261. The Morgan fingerprint density at radius 2 is 2.25 bits per heavy atom. The van der Waals surface area contributed by atoms with Gasteiger partial charge in [0.1, 0.15) is 0 Å². The van der Waals surface area contributed by atoms with E-state index in [-0.39, 0.29) is 13.0 Å². The number of nitrogens with one attached hydrogen (secondary N) is 1. The fraction of sp³-hybridized carbons (Fsp3) is 0.400. The number of carboxylic acids is 1. The van der Waals surface area contributed by atoms with E-state index < -0.39 is 5.97 Å². The highest BCUT2D eigenvalue weighted by Crippen LogP contribution is 2.32. The first-order valence-corrected chi connectivity index (χ1v) is 6.63. The lowest BCUT2D eigenvalue weighted by Crippen LogP contribution is -2.20. The Bertz CT molecular complexity index is 511. The molecule has 1 aromatic rings. The average Bonchev–Trinajstić information content (AvgIpc) is 2.48. The van der Waals surface area contributed by atoms with Gasteiger partial charge in [-0.25, -0.2) is 0 Å². The van der Waals surface area contributed by atoms with E-state index in [0.29, 0.717) is 11.5 Å². The van der Waals surface area contributed by atoms with Gasteiger partial charge in [-0.1, -0.05) is 12.1 Å². The Hall–Kier alpha value is -2.01. The molecule has 20 heavy (non-hydrogen) atoms. The number of benzene rings is 1. The second-order valence-electron chi connectivity index (χ2n) is 4.54. The number of hydrogen-bond acceptors (Lipinski definition) is 4. The summed E-state index contributed by atoms with van der Waals surface area (Å²) in [5, 5.41) is 11.9. The molecule has 1 aromatic carbocycles. The van der Waals surface area contributed by atoms with Crippen LogP contribution in [0.1, 0.15) is 18.4 Å². The summed E-state index contributed by atoms with van der Waals surface area (Å²) in [5.41, 5.74) is 2.41. The summed E-state index contributed by atoms with van der Waals surface area (Å²) in [6, 6.07) is 5.75. The van der Waals surface area contributed by atoms with Crippen LogP contribution < -0.4 is 14.8 Å². The number of hydrogen-bond donors (Lipinski definition) is 2. The molecule has 2 rings (SSSR count). The van der Waals surface area contributed by atoms with Crippen LogP contribution >= 0.6 is 0 Å². The molecule has 0 bridgehead atoms. The van der Waals surface area contributed by atoms with E-state index in [2.05, 4.69) is 11.4 Å². The van der Waals surface area contributed by atoms with E-state index >= 15 is 0 Å². The van der Waals surface area contributed by atoms with Crippen LogP contribution in [0.15, 0.2) is 24.3 Å². The number of aliphatic carboxylic acids is 1. The van der Waals surface area contributed by atoms with Crippen LogP contribution in [-0.2, 0) is 4.79 Å². The molecular weight excluding hydrogens is 258 g/mol. The topological polar surface area (TPSA) is 67.8 Å². The first kappa shape index (κ1) is 14.4. The second kappa shape index (κ2) is 6.96. The quantitative estimate of drug-likeness (QED) is 0.831. The summed E-state index contributed by atoms with van der Waals surface area (Å²) in [5.74, 6) is 0.333. The van der Waals surface area contributed by atoms with E-state index in [1.54, 1.807) is 7.11 Å². The standard InChI is InChI=1S/C15H19NO4/c1-19-14-10-12(11-4-7-16-8-5-11)2-3-13(14)20-9-6-15(17)18/h2-4,10,16H,5-9H2,1H3,(H,17,18). The molecule has 1 aliphatic heterocycles. The summed E-state index contributed by atoms with van der Waals surface area (Å²) in [7, 11) is 1.58. The van der Waals surface area contributed by atoms with Gasteiger partial charge in [-0.05, 0) is 36.2 Å². The van der Waals surface area contributed by atoms with E-state index in [4.69, 9.17) is 14.6 Å². The highest BCUT2D eigenvalue weighted by atomic mass is 16.5. The van der Waals surface area contributed by atoms with Crippen molar-refractivity contribution < 1.29 is 19.4 Å². The van der Waals surface area contributed by atoms with Gasteiger partial charge in [0.2, 0.25) is 0 Å². The maximum absolute atomic E-state index is 10.5. The monoisotopic (exact) mass is 277 g/mol. The Labute approximate surface area is 118 Å². The molecule has 0 saturated heterocycles. The number of ether oxygens (including phenoxy) is 2. The van der Waals surface area contributed by atoms with Gasteiger partial charge in [0.15, 0.2) is 11.5 Å². The zero-order chi connectivity index (χ0) is 14.4. The van der Waals surface area contributed by atoms with Gasteiger partial charge in [0.25, 0.3) is 0 Å². The molecule has 0 unspecified atom stereocenters.